The summed E-state index contributed by atoms with van der Waals surface area (Å²) in [5.74, 6) is 0.689. The lowest BCUT2D eigenvalue weighted by atomic mass is 9.81. The smallest absolute Gasteiger partial charge is 0.233 e. The quantitative estimate of drug-likeness (QED) is 0.635. The Kier molecular flexibility index (Phi) is 3.40. The van der Waals surface area contributed by atoms with E-state index in [-0.39, 0.29) is 23.7 Å². The van der Waals surface area contributed by atoms with E-state index in [4.69, 9.17) is 0 Å². The molecule has 3 nitrogen and oxygen atoms in total. The molecule has 4 rings (SSSR count). The van der Waals surface area contributed by atoms with Crippen molar-refractivity contribution in [2.24, 2.45) is 23.7 Å². The molecule has 120 valence electrons. The number of carbonyl (C=O) groups excluding carboxylic acids is 2. The highest BCUT2D eigenvalue weighted by molar-refractivity contribution is 6.06. The Morgan fingerprint density at radius 3 is 2.09 bits per heavy atom. The van der Waals surface area contributed by atoms with Gasteiger partial charge in [-0.1, -0.05) is 41.5 Å². The number of likely N-dealkylation sites (tertiary alicyclic amines) is 1. The maximum Gasteiger partial charge on any atom is 0.233 e. The summed E-state index contributed by atoms with van der Waals surface area (Å²) in [6.45, 7) is 4.78. The molecule has 3 fully saturated rings. The second-order valence-electron chi connectivity index (χ2n) is 7.36. The lowest BCUT2D eigenvalue weighted by Crippen LogP contribution is -2.34. The molecule has 1 saturated heterocycles. The Bertz CT molecular complexity index is 655. The fourth-order valence-electron chi connectivity index (χ4n) is 5.16. The predicted octanol–water partition coefficient (Wildman–Crippen LogP) is 3.21. The van der Waals surface area contributed by atoms with E-state index in [1.165, 1.54) is 16.7 Å². The van der Waals surface area contributed by atoms with E-state index in [0.29, 0.717) is 18.4 Å². The monoisotopic (exact) mass is 309 g/mol. The standard InChI is InChI=1S/C20H23NO2/c1-12(2)16-14-8-9-15(16)18-17(14)19(22)21(20(18)23)11-10-13-6-4-3-5-7-13/h3-7,14-15,17-18H,8-11H2,1-2H3/t14-,15+,17-,18-/m1/s1. The molecule has 23 heavy (non-hydrogen) atoms. The van der Waals surface area contributed by atoms with Crippen LogP contribution < -0.4 is 0 Å². The van der Waals surface area contributed by atoms with E-state index in [0.717, 1.165) is 19.3 Å². The van der Waals surface area contributed by atoms with Gasteiger partial charge in [0.15, 0.2) is 0 Å². The van der Waals surface area contributed by atoms with Crippen LogP contribution in [-0.4, -0.2) is 23.3 Å². The third-order valence-electron chi connectivity index (χ3n) is 5.99. The normalized spacial score (nSPS) is 31.9. The molecule has 1 aliphatic heterocycles. The van der Waals surface area contributed by atoms with E-state index >= 15 is 0 Å². The van der Waals surface area contributed by atoms with Crippen LogP contribution in [0, 0.1) is 23.7 Å². The molecule has 3 heteroatoms. The van der Waals surface area contributed by atoms with Gasteiger partial charge in [-0.15, -0.1) is 0 Å². The van der Waals surface area contributed by atoms with Crippen molar-refractivity contribution in [2.75, 3.05) is 6.54 Å². The summed E-state index contributed by atoms with van der Waals surface area (Å²) in [5, 5.41) is 0. The van der Waals surface area contributed by atoms with Crippen molar-refractivity contribution in [1.82, 2.24) is 4.90 Å². The van der Waals surface area contributed by atoms with Crippen LogP contribution in [0.5, 0.6) is 0 Å². The van der Waals surface area contributed by atoms with Gasteiger partial charge in [0.1, 0.15) is 0 Å². The zero-order chi connectivity index (χ0) is 16.1. The maximum atomic E-state index is 12.9. The number of benzene rings is 1. The summed E-state index contributed by atoms with van der Waals surface area (Å²) >= 11 is 0. The molecule has 4 atom stereocenters. The zero-order valence-corrected chi connectivity index (χ0v) is 13.8. The molecule has 1 heterocycles. The van der Waals surface area contributed by atoms with Gasteiger partial charge in [-0.2, -0.15) is 0 Å². The van der Waals surface area contributed by atoms with Crippen LogP contribution in [0.15, 0.2) is 41.5 Å². The highest BCUT2D eigenvalue weighted by Crippen LogP contribution is 2.60. The molecule has 2 aliphatic carbocycles. The van der Waals surface area contributed by atoms with Crippen LogP contribution in [0.25, 0.3) is 0 Å². The first-order valence-corrected chi connectivity index (χ1v) is 8.66. The van der Waals surface area contributed by atoms with E-state index in [2.05, 4.69) is 26.0 Å². The van der Waals surface area contributed by atoms with Gasteiger partial charge < -0.3 is 0 Å². The lowest BCUT2D eigenvalue weighted by Gasteiger charge is -2.19. The first-order valence-electron chi connectivity index (χ1n) is 8.66. The third-order valence-corrected chi connectivity index (χ3v) is 5.99. The van der Waals surface area contributed by atoms with E-state index < -0.39 is 0 Å². The number of allylic oxidation sites excluding steroid dienone is 2. The van der Waals surface area contributed by atoms with E-state index in [1.54, 1.807) is 4.90 Å². The zero-order valence-electron chi connectivity index (χ0n) is 13.8. The fraction of sp³-hybridized carbons (Fsp3) is 0.500. The highest BCUT2D eigenvalue weighted by atomic mass is 16.2. The number of hydrogen-bond donors (Lipinski definition) is 0. The molecule has 0 radical (unpaired) electrons. The highest BCUT2D eigenvalue weighted by Gasteiger charge is 2.63. The summed E-state index contributed by atoms with van der Waals surface area (Å²) in [4.78, 5) is 27.3. The molecule has 3 aliphatic rings. The number of amides is 2. The minimum Gasteiger partial charge on any atom is -0.282 e. The largest absolute Gasteiger partial charge is 0.282 e. The topological polar surface area (TPSA) is 37.4 Å². The molecule has 0 spiro atoms. The molecular weight excluding hydrogens is 286 g/mol. The first kappa shape index (κ1) is 14.7. The minimum atomic E-state index is -0.0677. The van der Waals surface area contributed by atoms with E-state index in [9.17, 15) is 9.59 Å². The molecule has 2 bridgehead atoms. The number of fused-ring (bicyclic) bond motifs is 5. The Labute approximate surface area is 137 Å². The Balaban J connectivity index is 1.55. The average molecular weight is 309 g/mol. The number of rotatable bonds is 3. The van der Waals surface area contributed by atoms with Crippen molar-refractivity contribution in [2.45, 2.75) is 33.1 Å². The number of imide groups is 1. The second kappa shape index (κ2) is 5.33. The van der Waals surface area contributed by atoms with Crippen LogP contribution in [0.3, 0.4) is 0 Å². The number of nitrogens with zero attached hydrogens (tertiary/aromatic N) is 1. The van der Waals surface area contributed by atoms with E-state index in [1.807, 2.05) is 18.2 Å². The van der Waals surface area contributed by atoms with Crippen LogP contribution in [-0.2, 0) is 16.0 Å². The van der Waals surface area contributed by atoms with Crippen molar-refractivity contribution in [3.8, 4) is 0 Å². The molecule has 1 aromatic rings. The second-order valence-corrected chi connectivity index (χ2v) is 7.36. The van der Waals surface area contributed by atoms with Crippen LogP contribution >= 0.6 is 0 Å². The number of carbonyl (C=O) groups is 2. The molecule has 0 N–H and O–H groups in total. The average Bonchev–Trinajstić information content (AvgIpc) is 3.18. The molecule has 2 saturated carbocycles. The molecule has 2 amide bonds. The van der Waals surface area contributed by atoms with Crippen molar-refractivity contribution in [3.63, 3.8) is 0 Å². The van der Waals surface area contributed by atoms with Gasteiger partial charge in [-0.05, 0) is 50.5 Å². The van der Waals surface area contributed by atoms with Gasteiger partial charge in [0.2, 0.25) is 11.8 Å². The van der Waals surface area contributed by atoms with Gasteiger partial charge in [-0.3, -0.25) is 14.5 Å². The maximum absolute atomic E-state index is 12.9. The lowest BCUT2D eigenvalue weighted by molar-refractivity contribution is -0.140. The molecule has 0 aromatic heterocycles. The van der Waals surface area contributed by atoms with Crippen LogP contribution in [0.1, 0.15) is 32.3 Å². The Morgan fingerprint density at radius 2 is 1.57 bits per heavy atom. The van der Waals surface area contributed by atoms with Gasteiger partial charge >= 0.3 is 0 Å². The van der Waals surface area contributed by atoms with Gasteiger partial charge in [0.05, 0.1) is 11.8 Å². The summed E-state index contributed by atoms with van der Waals surface area (Å²) in [7, 11) is 0. The Morgan fingerprint density at radius 1 is 1.00 bits per heavy atom. The van der Waals surface area contributed by atoms with Crippen molar-refractivity contribution < 1.29 is 9.59 Å². The first-order chi connectivity index (χ1) is 11.1. The predicted molar refractivity (Wildman–Crippen MR) is 88.4 cm³/mol. The summed E-state index contributed by atoms with van der Waals surface area (Å²) in [6.07, 6.45) is 2.92. The molecule has 1 aromatic carbocycles. The summed E-state index contributed by atoms with van der Waals surface area (Å²) in [5.41, 5.74) is 3.92. The van der Waals surface area contributed by atoms with Gasteiger partial charge in [-0.25, -0.2) is 0 Å². The van der Waals surface area contributed by atoms with Crippen molar-refractivity contribution >= 4 is 11.8 Å². The van der Waals surface area contributed by atoms with Crippen LogP contribution in [0.4, 0.5) is 0 Å². The van der Waals surface area contributed by atoms with Gasteiger partial charge in [0.25, 0.3) is 0 Å². The fourth-order valence-corrected chi connectivity index (χ4v) is 5.16. The molecule has 0 unspecified atom stereocenters. The summed E-state index contributed by atoms with van der Waals surface area (Å²) < 4.78 is 0. The number of hydrogen-bond acceptors (Lipinski definition) is 2. The summed E-state index contributed by atoms with van der Waals surface area (Å²) in [6, 6.07) is 10.1. The Hall–Kier alpha value is -1.90. The van der Waals surface area contributed by atoms with Crippen molar-refractivity contribution in [1.29, 1.82) is 0 Å². The minimum absolute atomic E-state index is 0.0677. The molecular formula is C20H23NO2. The van der Waals surface area contributed by atoms with Crippen LogP contribution in [0.2, 0.25) is 0 Å². The van der Waals surface area contributed by atoms with Gasteiger partial charge in [0, 0.05) is 6.54 Å². The SMILES string of the molecule is CC(C)=C1[C@H]2CC[C@@H]1[C@H]1C(=O)N(CCc3ccccc3)C(=O)[C@@H]12. The van der Waals surface area contributed by atoms with Crippen molar-refractivity contribution in [3.05, 3.63) is 47.0 Å². The third kappa shape index (κ3) is 2.09.